The molecule has 0 saturated heterocycles. The Kier molecular flexibility index (Phi) is 7.09. The Morgan fingerprint density at radius 1 is 0.929 bits per heavy atom. The number of rotatable bonds is 4. The van der Waals surface area contributed by atoms with E-state index in [2.05, 4.69) is 53.9 Å². The highest BCUT2D eigenvalue weighted by Gasteiger charge is 2.09. The van der Waals surface area contributed by atoms with Gasteiger partial charge in [-0.3, -0.25) is 0 Å². The molecule has 0 radical (unpaired) electrons. The number of hydrogen-bond donors (Lipinski definition) is 0. The van der Waals surface area contributed by atoms with Gasteiger partial charge in [0.05, 0.1) is 14.9 Å². The first kappa shape index (κ1) is 20.4. The van der Waals surface area contributed by atoms with Crippen molar-refractivity contribution in [2.75, 3.05) is 0 Å². The van der Waals surface area contributed by atoms with Gasteiger partial charge in [-0.1, -0.05) is 43.4 Å². The molecule has 0 saturated carbocycles. The fraction of sp³-hybridized carbons (Fsp3) is 0.227. The van der Waals surface area contributed by atoms with Gasteiger partial charge in [-0.05, 0) is 42.9 Å². The van der Waals surface area contributed by atoms with Gasteiger partial charge in [0, 0.05) is 21.4 Å². The lowest BCUT2D eigenvalue weighted by Gasteiger charge is -1.98. The number of benzene rings is 1. The largest absolute Gasteiger partial charge is 0.204 e. The number of unbranched alkanes of at least 4 members (excludes halogenated alkanes) is 3. The lowest BCUT2D eigenvalue weighted by Crippen LogP contribution is -1.86. The molecule has 6 heteroatoms. The van der Waals surface area contributed by atoms with E-state index in [1.165, 1.54) is 12.8 Å². The maximum atomic E-state index is 13.9. The molecule has 3 rings (SSSR count). The SMILES string of the molecule is CCCCCC#Cc1cc2sc(C#Cc3cc(F)c(N=C=S)c(F)c3)cc2s1. The summed E-state index contributed by atoms with van der Waals surface area (Å²) in [7, 11) is 0. The first-order chi connectivity index (χ1) is 13.6. The van der Waals surface area contributed by atoms with Crippen molar-refractivity contribution in [3.63, 3.8) is 0 Å². The van der Waals surface area contributed by atoms with Crippen molar-refractivity contribution in [2.24, 2.45) is 4.99 Å². The minimum Gasteiger partial charge on any atom is -0.204 e. The highest BCUT2D eigenvalue weighted by atomic mass is 32.1. The number of hydrogen-bond acceptors (Lipinski definition) is 4. The van der Waals surface area contributed by atoms with E-state index in [9.17, 15) is 8.78 Å². The zero-order valence-electron chi connectivity index (χ0n) is 15.1. The highest BCUT2D eigenvalue weighted by molar-refractivity contribution is 7.78. The molecule has 0 N–H and O–H groups in total. The summed E-state index contributed by atoms with van der Waals surface area (Å²) in [5, 5.41) is 1.97. The number of isothiocyanates is 1. The van der Waals surface area contributed by atoms with Crippen molar-refractivity contribution in [3.05, 3.63) is 51.2 Å². The maximum Gasteiger partial charge on any atom is 0.153 e. The normalized spacial score (nSPS) is 9.96. The molecule has 0 spiro atoms. The van der Waals surface area contributed by atoms with Gasteiger partial charge in [0.25, 0.3) is 0 Å². The molecule has 0 unspecified atom stereocenters. The quantitative estimate of drug-likeness (QED) is 0.184. The van der Waals surface area contributed by atoms with Crippen LogP contribution in [0.5, 0.6) is 0 Å². The van der Waals surface area contributed by atoms with Gasteiger partial charge in [0.2, 0.25) is 0 Å². The van der Waals surface area contributed by atoms with Gasteiger partial charge in [0.15, 0.2) is 11.6 Å². The molecule has 0 aliphatic heterocycles. The van der Waals surface area contributed by atoms with Crippen molar-refractivity contribution in [2.45, 2.75) is 32.6 Å². The van der Waals surface area contributed by atoms with Crippen LogP contribution in [-0.2, 0) is 0 Å². The van der Waals surface area contributed by atoms with E-state index < -0.39 is 17.3 Å². The van der Waals surface area contributed by atoms with E-state index in [1.807, 2.05) is 11.2 Å². The Bertz CT molecular complexity index is 1120. The topological polar surface area (TPSA) is 12.4 Å². The van der Waals surface area contributed by atoms with Crippen molar-refractivity contribution < 1.29 is 8.78 Å². The van der Waals surface area contributed by atoms with Crippen LogP contribution in [0.2, 0.25) is 0 Å². The van der Waals surface area contributed by atoms with Crippen LogP contribution in [0.15, 0.2) is 29.3 Å². The fourth-order valence-corrected chi connectivity index (χ4v) is 4.71. The lowest BCUT2D eigenvalue weighted by molar-refractivity contribution is 0.587. The minimum absolute atomic E-state index is 0.244. The highest BCUT2D eigenvalue weighted by Crippen LogP contribution is 2.32. The van der Waals surface area contributed by atoms with Crippen LogP contribution < -0.4 is 0 Å². The summed E-state index contributed by atoms with van der Waals surface area (Å²) in [4.78, 5) is 5.28. The van der Waals surface area contributed by atoms with Crippen LogP contribution in [0.4, 0.5) is 14.5 Å². The average Bonchev–Trinajstić information content (AvgIpc) is 3.21. The predicted octanol–water partition coefficient (Wildman–Crippen LogP) is 7.31. The van der Waals surface area contributed by atoms with E-state index in [1.54, 1.807) is 22.7 Å². The summed E-state index contributed by atoms with van der Waals surface area (Å²) < 4.78 is 30.0. The van der Waals surface area contributed by atoms with Crippen molar-refractivity contribution in [1.82, 2.24) is 0 Å². The molecule has 1 aromatic carbocycles. The molecule has 0 fully saturated rings. The van der Waals surface area contributed by atoms with Gasteiger partial charge < -0.3 is 0 Å². The zero-order valence-corrected chi connectivity index (χ0v) is 17.5. The number of nitrogens with zero attached hydrogens (tertiary/aromatic N) is 1. The molecule has 28 heavy (non-hydrogen) atoms. The Morgan fingerprint density at radius 2 is 1.57 bits per heavy atom. The fourth-order valence-electron chi connectivity index (χ4n) is 2.50. The summed E-state index contributed by atoms with van der Waals surface area (Å²) in [5.41, 5.74) is -0.200. The molecule has 140 valence electrons. The zero-order chi connectivity index (χ0) is 19.9. The van der Waals surface area contributed by atoms with Crippen LogP contribution in [0.3, 0.4) is 0 Å². The third-order valence-corrected chi connectivity index (χ3v) is 6.04. The van der Waals surface area contributed by atoms with E-state index in [0.29, 0.717) is 0 Å². The van der Waals surface area contributed by atoms with Crippen LogP contribution in [0.1, 0.15) is 47.9 Å². The van der Waals surface area contributed by atoms with Crippen molar-refractivity contribution in [3.8, 4) is 23.7 Å². The van der Waals surface area contributed by atoms with Crippen LogP contribution in [-0.4, -0.2) is 5.16 Å². The van der Waals surface area contributed by atoms with Gasteiger partial charge in [0.1, 0.15) is 5.69 Å². The monoisotopic (exact) mass is 427 g/mol. The second kappa shape index (κ2) is 9.73. The van der Waals surface area contributed by atoms with Gasteiger partial charge in [-0.2, -0.15) is 4.99 Å². The maximum absolute atomic E-state index is 13.9. The molecule has 0 atom stereocenters. The van der Waals surface area contributed by atoms with Gasteiger partial charge in [-0.15, -0.1) is 22.7 Å². The Morgan fingerprint density at radius 3 is 2.18 bits per heavy atom. The lowest BCUT2D eigenvalue weighted by atomic mass is 10.2. The molecule has 0 bridgehead atoms. The van der Waals surface area contributed by atoms with Crippen LogP contribution in [0, 0.1) is 35.3 Å². The first-order valence-electron chi connectivity index (χ1n) is 8.72. The molecular formula is C22H15F2NS3. The van der Waals surface area contributed by atoms with Gasteiger partial charge in [-0.25, -0.2) is 8.78 Å². The molecule has 2 heterocycles. The number of halogens is 2. The molecule has 0 aliphatic carbocycles. The summed E-state index contributed by atoms with van der Waals surface area (Å²) >= 11 is 7.57. The number of thiocarbonyl (C=S) groups is 1. The third kappa shape index (κ3) is 5.13. The average molecular weight is 428 g/mol. The van der Waals surface area contributed by atoms with Crippen molar-refractivity contribution >= 4 is 55.1 Å². The minimum atomic E-state index is -0.809. The second-order valence-corrected chi connectivity index (χ2v) is 8.30. The Hall–Kier alpha value is -2.34. The van der Waals surface area contributed by atoms with Crippen molar-refractivity contribution in [1.29, 1.82) is 0 Å². The third-order valence-electron chi connectivity index (χ3n) is 3.83. The van der Waals surface area contributed by atoms with Crippen LogP contribution in [0.25, 0.3) is 9.40 Å². The Labute approximate surface area is 176 Å². The molecule has 0 aliphatic rings. The number of thiophene rings is 2. The summed E-state index contributed by atoms with van der Waals surface area (Å²) in [5.74, 6) is 10.6. The summed E-state index contributed by atoms with van der Waals surface area (Å²) in [6, 6.07) is 6.34. The van der Waals surface area contributed by atoms with Crippen LogP contribution >= 0.6 is 34.9 Å². The number of fused-ring (bicyclic) bond motifs is 1. The standard InChI is InChI=1S/C22H15F2NS3/c1-2-3-4-5-6-7-16-12-20-21(27-16)13-17(28-20)9-8-15-10-18(23)22(25-14-26)19(24)11-15/h10-13H,2-5H2,1H3. The molecular weight excluding hydrogens is 412 g/mol. The summed E-state index contributed by atoms with van der Waals surface area (Å²) in [6.07, 6.45) is 4.48. The van der Waals surface area contributed by atoms with Gasteiger partial charge >= 0.3 is 0 Å². The van der Waals surface area contributed by atoms with E-state index >= 15 is 0 Å². The molecule has 3 aromatic rings. The molecule has 2 aromatic heterocycles. The summed E-state index contributed by atoms with van der Waals surface area (Å²) in [6.45, 7) is 2.18. The Balaban J connectivity index is 1.76. The van der Waals surface area contributed by atoms with E-state index in [4.69, 9.17) is 0 Å². The predicted molar refractivity (Wildman–Crippen MR) is 118 cm³/mol. The number of aliphatic imine (C=N–C) groups is 1. The first-order valence-corrected chi connectivity index (χ1v) is 10.8. The second-order valence-electron chi connectivity index (χ2n) is 5.95. The smallest absolute Gasteiger partial charge is 0.153 e. The van der Waals surface area contributed by atoms with E-state index in [-0.39, 0.29) is 5.56 Å². The van der Waals surface area contributed by atoms with E-state index in [0.717, 1.165) is 44.1 Å². The molecule has 1 nitrogen and oxygen atoms in total. The molecule has 0 amide bonds.